The molecule has 0 aliphatic heterocycles. The highest BCUT2D eigenvalue weighted by Gasteiger charge is 2.15. The van der Waals surface area contributed by atoms with Crippen LogP contribution in [0.4, 0.5) is 0 Å². The summed E-state index contributed by atoms with van der Waals surface area (Å²) < 4.78 is 11.2. The van der Waals surface area contributed by atoms with Gasteiger partial charge in [-0.15, -0.1) is 0 Å². The Balaban J connectivity index is 1.56. The van der Waals surface area contributed by atoms with Gasteiger partial charge in [0.1, 0.15) is 0 Å². The molecule has 0 heterocycles. The standard InChI is InChI=1S/C33H40O4/c1-4-6-8-10-26-13-17-28(18-14-26)23-32(34)36-30-21-12-25(3)22-31(30)37-33(35)24-29-19-15-27(16-20-29)11-9-7-5-2/h12-22H,4-11,23-24H2,1-3H3. The van der Waals surface area contributed by atoms with Crippen molar-refractivity contribution in [3.8, 4) is 11.5 Å². The molecule has 0 aliphatic carbocycles. The highest BCUT2D eigenvalue weighted by atomic mass is 16.6. The van der Waals surface area contributed by atoms with Crippen LogP contribution in [0.3, 0.4) is 0 Å². The fourth-order valence-corrected chi connectivity index (χ4v) is 4.24. The molecule has 3 aromatic carbocycles. The number of carbonyl (C=O) groups excluding carboxylic acids is 2. The Kier molecular flexibility index (Phi) is 11.4. The van der Waals surface area contributed by atoms with Gasteiger partial charge in [-0.25, -0.2) is 0 Å². The summed E-state index contributed by atoms with van der Waals surface area (Å²) in [6.07, 6.45) is 9.63. The van der Waals surface area contributed by atoms with Crippen LogP contribution in [0.25, 0.3) is 0 Å². The molecule has 4 nitrogen and oxygen atoms in total. The third kappa shape index (κ3) is 9.87. The van der Waals surface area contributed by atoms with Gasteiger partial charge in [-0.2, -0.15) is 0 Å². The minimum absolute atomic E-state index is 0.154. The predicted molar refractivity (Wildman–Crippen MR) is 149 cm³/mol. The monoisotopic (exact) mass is 500 g/mol. The molecule has 0 amide bonds. The van der Waals surface area contributed by atoms with Crippen molar-refractivity contribution in [3.63, 3.8) is 0 Å². The summed E-state index contributed by atoms with van der Waals surface area (Å²) in [5.74, 6) is -0.258. The van der Waals surface area contributed by atoms with E-state index in [4.69, 9.17) is 9.47 Å². The first-order valence-corrected chi connectivity index (χ1v) is 13.6. The van der Waals surface area contributed by atoms with E-state index in [9.17, 15) is 9.59 Å². The average Bonchev–Trinajstić information content (AvgIpc) is 2.88. The molecule has 4 heteroatoms. The van der Waals surface area contributed by atoms with Crippen molar-refractivity contribution in [1.82, 2.24) is 0 Å². The van der Waals surface area contributed by atoms with E-state index in [1.54, 1.807) is 12.1 Å². The molecular formula is C33H40O4. The van der Waals surface area contributed by atoms with Crippen molar-refractivity contribution < 1.29 is 19.1 Å². The van der Waals surface area contributed by atoms with Crippen LogP contribution < -0.4 is 9.47 Å². The van der Waals surface area contributed by atoms with Crippen molar-refractivity contribution in [2.45, 2.75) is 85.0 Å². The van der Waals surface area contributed by atoms with Crippen LogP contribution in [0.15, 0.2) is 66.7 Å². The fraction of sp³-hybridized carbons (Fsp3) is 0.394. The Morgan fingerprint density at radius 2 is 1.00 bits per heavy atom. The highest BCUT2D eigenvalue weighted by molar-refractivity contribution is 5.78. The second-order valence-electron chi connectivity index (χ2n) is 9.80. The summed E-state index contributed by atoms with van der Waals surface area (Å²) in [6.45, 7) is 6.30. The number of aryl methyl sites for hydroxylation is 3. The molecule has 0 aliphatic rings. The summed E-state index contributed by atoms with van der Waals surface area (Å²) >= 11 is 0. The molecule has 0 radical (unpaired) electrons. The topological polar surface area (TPSA) is 52.6 Å². The van der Waals surface area contributed by atoms with Crippen LogP contribution in [-0.2, 0) is 35.3 Å². The number of esters is 2. The zero-order valence-corrected chi connectivity index (χ0v) is 22.6. The summed E-state index contributed by atoms with van der Waals surface area (Å²) in [6, 6.07) is 21.5. The van der Waals surface area contributed by atoms with Gasteiger partial charge in [-0.05, 0) is 72.6 Å². The minimum atomic E-state index is -0.390. The van der Waals surface area contributed by atoms with Gasteiger partial charge in [0.15, 0.2) is 11.5 Å². The Morgan fingerprint density at radius 3 is 1.46 bits per heavy atom. The maximum Gasteiger partial charge on any atom is 0.315 e. The highest BCUT2D eigenvalue weighted by Crippen LogP contribution is 2.29. The van der Waals surface area contributed by atoms with Crippen LogP contribution in [0.2, 0.25) is 0 Å². The molecule has 0 saturated carbocycles. The molecule has 3 rings (SSSR count). The van der Waals surface area contributed by atoms with E-state index >= 15 is 0 Å². The number of hydrogen-bond donors (Lipinski definition) is 0. The summed E-state index contributed by atoms with van der Waals surface area (Å²) in [4.78, 5) is 25.3. The Bertz CT molecular complexity index is 1130. The number of benzene rings is 3. The molecule has 37 heavy (non-hydrogen) atoms. The first kappa shape index (κ1) is 28.2. The molecule has 0 N–H and O–H groups in total. The summed E-state index contributed by atoms with van der Waals surface area (Å²) in [7, 11) is 0. The Morgan fingerprint density at radius 1 is 0.568 bits per heavy atom. The van der Waals surface area contributed by atoms with Gasteiger partial charge in [0.05, 0.1) is 12.8 Å². The lowest BCUT2D eigenvalue weighted by atomic mass is 10.0. The van der Waals surface area contributed by atoms with Gasteiger partial charge in [0, 0.05) is 0 Å². The molecule has 0 aromatic heterocycles. The second-order valence-corrected chi connectivity index (χ2v) is 9.80. The summed E-state index contributed by atoms with van der Waals surface area (Å²) in [5, 5.41) is 0. The fourth-order valence-electron chi connectivity index (χ4n) is 4.24. The van der Waals surface area contributed by atoms with E-state index in [-0.39, 0.29) is 30.3 Å². The third-order valence-corrected chi connectivity index (χ3v) is 6.43. The number of ether oxygens (including phenoxy) is 2. The van der Waals surface area contributed by atoms with Gasteiger partial charge in [-0.3, -0.25) is 9.59 Å². The van der Waals surface area contributed by atoms with Crippen molar-refractivity contribution in [2.24, 2.45) is 0 Å². The zero-order valence-electron chi connectivity index (χ0n) is 22.6. The number of rotatable bonds is 14. The van der Waals surface area contributed by atoms with E-state index in [1.807, 2.05) is 37.3 Å². The van der Waals surface area contributed by atoms with Crippen LogP contribution >= 0.6 is 0 Å². The van der Waals surface area contributed by atoms with Crippen molar-refractivity contribution >= 4 is 11.9 Å². The van der Waals surface area contributed by atoms with Crippen LogP contribution in [0.5, 0.6) is 11.5 Å². The van der Waals surface area contributed by atoms with E-state index in [0.717, 1.165) is 29.5 Å². The normalized spacial score (nSPS) is 10.8. The lowest BCUT2D eigenvalue weighted by Crippen LogP contribution is -2.15. The third-order valence-electron chi connectivity index (χ3n) is 6.43. The SMILES string of the molecule is CCCCCc1ccc(CC(=O)Oc2ccc(C)cc2OC(=O)Cc2ccc(CCCCC)cc2)cc1. The molecule has 0 fully saturated rings. The van der Waals surface area contributed by atoms with Crippen molar-refractivity contribution in [2.75, 3.05) is 0 Å². The van der Waals surface area contributed by atoms with Gasteiger partial charge in [0.25, 0.3) is 0 Å². The van der Waals surface area contributed by atoms with Crippen molar-refractivity contribution in [3.05, 3.63) is 94.5 Å². The Labute approximate surface area is 222 Å². The molecule has 0 spiro atoms. The first-order chi connectivity index (χ1) is 18.0. The van der Waals surface area contributed by atoms with Crippen LogP contribution in [-0.4, -0.2) is 11.9 Å². The van der Waals surface area contributed by atoms with Gasteiger partial charge in [0.2, 0.25) is 0 Å². The largest absolute Gasteiger partial charge is 0.422 e. The molecular weight excluding hydrogens is 460 g/mol. The maximum absolute atomic E-state index is 12.7. The van der Waals surface area contributed by atoms with E-state index in [2.05, 4.69) is 38.1 Å². The average molecular weight is 501 g/mol. The number of carbonyl (C=O) groups is 2. The maximum atomic E-state index is 12.7. The number of unbranched alkanes of at least 4 members (excludes halogenated alkanes) is 4. The van der Waals surface area contributed by atoms with Gasteiger partial charge < -0.3 is 9.47 Å². The molecule has 196 valence electrons. The quantitative estimate of drug-likeness (QED) is 0.129. The number of hydrogen-bond acceptors (Lipinski definition) is 4. The molecule has 3 aromatic rings. The van der Waals surface area contributed by atoms with Crippen LogP contribution in [0, 0.1) is 6.92 Å². The van der Waals surface area contributed by atoms with E-state index < -0.39 is 5.97 Å². The predicted octanol–water partition coefficient (Wildman–Crippen LogP) is 7.76. The smallest absolute Gasteiger partial charge is 0.315 e. The van der Waals surface area contributed by atoms with Crippen LogP contribution in [0.1, 0.15) is 80.2 Å². The second kappa shape index (κ2) is 15.0. The van der Waals surface area contributed by atoms with E-state index in [0.29, 0.717) is 0 Å². The minimum Gasteiger partial charge on any atom is -0.422 e. The molecule has 0 atom stereocenters. The summed E-state index contributed by atoms with van der Waals surface area (Å²) in [5.41, 5.74) is 5.27. The molecule has 0 unspecified atom stereocenters. The molecule has 0 saturated heterocycles. The lowest BCUT2D eigenvalue weighted by molar-refractivity contribution is -0.136. The van der Waals surface area contributed by atoms with Gasteiger partial charge in [-0.1, -0.05) is 94.1 Å². The zero-order chi connectivity index (χ0) is 26.5. The van der Waals surface area contributed by atoms with Gasteiger partial charge >= 0.3 is 11.9 Å². The van der Waals surface area contributed by atoms with E-state index in [1.165, 1.54) is 49.7 Å². The Hall–Kier alpha value is -3.40. The van der Waals surface area contributed by atoms with Crippen molar-refractivity contribution in [1.29, 1.82) is 0 Å². The molecule has 0 bridgehead atoms. The lowest BCUT2D eigenvalue weighted by Gasteiger charge is -2.12. The first-order valence-electron chi connectivity index (χ1n) is 13.6.